The molecule has 1 aromatic carbocycles. The maximum absolute atomic E-state index is 13.8. The quantitative estimate of drug-likeness (QED) is 0.510. The first kappa shape index (κ1) is 21.9. The molecule has 2 aromatic heterocycles. The summed E-state index contributed by atoms with van der Waals surface area (Å²) in [7, 11) is 1.29. The Balaban J connectivity index is 1.81. The number of methoxy groups -OCH3 is 1. The minimum Gasteiger partial charge on any atom is -0.496 e. The van der Waals surface area contributed by atoms with Crippen molar-refractivity contribution < 1.29 is 36.9 Å². The summed E-state index contributed by atoms with van der Waals surface area (Å²) in [6, 6.07) is 4.93. The summed E-state index contributed by atoms with van der Waals surface area (Å²) >= 11 is 0. The minimum absolute atomic E-state index is 0.00897. The van der Waals surface area contributed by atoms with Gasteiger partial charge in [0.1, 0.15) is 29.3 Å². The van der Waals surface area contributed by atoms with Gasteiger partial charge in [-0.05, 0) is 37.1 Å². The molecule has 0 unspecified atom stereocenters. The summed E-state index contributed by atoms with van der Waals surface area (Å²) in [6.45, 7) is -4.54. The molecular formula is C21H19F4N3O4. The lowest BCUT2D eigenvalue weighted by Crippen LogP contribution is -2.26. The summed E-state index contributed by atoms with van der Waals surface area (Å²) in [5.74, 6) is -4.41. The van der Waals surface area contributed by atoms with Gasteiger partial charge in [-0.15, -0.1) is 0 Å². The van der Waals surface area contributed by atoms with Gasteiger partial charge >= 0.3 is 6.61 Å². The van der Waals surface area contributed by atoms with Crippen LogP contribution in [0, 0.1) is 0 Å². The number of ether oxygens (including phenoxy) is 2. The Hall–Kier alpha value is -3.34. The number of aliphatic hydroxyl groups is 1. The van der Waals surface area contributed by atoms with Crippen LogP contribution in [0.5, 0.6) is 11.5 Å². The Morgan fingerprint density at radius 3 is 2.66 bits per heavy atom. The topological polar surface area (TPSA) is 85.1 Å². The molecule has 7 nitrogen and oxygen atoms in total. The van der Waals surface area contributed by atoms with Crippen molar-refractivity contribution in [2.75, 3.05) is 13.7 Å². The average Bonchev–Trinajstić information content (AvgIpc) is 3.47. The van der Waals surface area contributed by atoms with Gasteiger partial charge in [-0.3, -0.25) is 9.20 Å². The fraction of sp³-hybridized carbons (Fsp3) is 0.333. The standard InChI is InChI=1S/C21H19F4N3O4/c1-31-15-6-11(7-16(32-20(22)23)18(15)19(30)27-13-2-3-13)14-9-26-17-8-12(4-5-28(14)17)21(24,25)10-29/h4-9,13,20,29H,2-3,10H2,1H3,(H,27,30). The molecular weight excluding hydrogens is 434 g/mol. The number of fused-ring (bicyclic) bond motifs is 1. The number of benzene rings is 1. The molecule has 1 fully saturated rings. The molecule has 2 N–H and O–H groups in total. The van der Waals surface area contributed by atoms with E-state index in [1.54, 1.807) is 0 Å². The van der Waals surface area contributed by atoms with Crippen molar-refractivity contribution >= 4 is 11.6 Å². The van der Waals surface area contributed by atoms with Crippen LogP contribution >= 0.6 is 0 Å². The third-order valence-electron chi connectivity index (χ3n) is 5.07. The van der Waals surface area contributed by atoms with Crippen LogP contribution < -0.4 is 14.8 Å². The van der Waals surface area contributed by atoms with E-state index in [9.17, 15) is 22.4 Å². The van der Waals surface area contributed by atoms with E-state index >= 15 is 0 Å². The summed E-state index contributed by atoms with van der Waals surface area (Å²) in [6.07, 6.45) is 4.29. The zero-order valence-electron chi connectivity index (χ0n) is 16.8. The fourth-order valence-corrected chi connectivity index (χ4v) is 3.31. The normalized spacial score (nSPS) is 14.1. The number of alkyl halides is 4. The van der Waals surface area contributed by atoms with Gasteiger partial charge in [0.05, 0.1) is 19.0 Å². The van der Waals surface area contributed by atoms with E-state index in [2.05, 4.69) is 15.0 Å². The average molecular weight is 453 g/mol. The molecule has 0 spiro atoms. The highest BCUT2D eigenvalue weighted by molar-refractivity contribution is 6.01. The maximum Gasteiger partial charge on any atom is 0.387 e. The number of carbonyl (C=O) groups excluding carboxylic acids is 1. The molecule has 1 amide bonds. The smallest absolute Gasteiger partial charge is 0.387 e. The number of pyridine rings is 1. The monoisotopic (exact) mass is 453 g/mol. The van der Waals surface area contributed by atoms with Gasteiger partial charge in [0, 0.05) is 23.4 Å². The molecule has 0 radical (unpaired) electrons. The second-order valence-electron chi connectivity index (χ2n) is 7.33. The van der Waals surface area contributed by atoms with E-state index in [4.69, 9.17) is 9.84 Å². The number of imidazole rings is 1. The highest BCUT2D eigenvalue weighted by Gasteiger charge is 2.31. The second kappa shape index (κ2) is 8.30. The lowest BCUT2D eigenvalue weighted by Gasteiger charge is -2.17. The van der Waals surface area contributed by atoms with Gasteiger partial charge in [0.25, 0.3) is 11.8 Å². The third-order valence-corrected chi connectivity index (χ3v) is 5.07. The summed E-state index contributed by atoms with van der Waals surface area (Å²) in [4.78, 5) is 16.7. The van der Waals surface area contributed by atoms with Crippen LogP contribution in [0.15, 0.2) is 36.7 Å². The van der Waals surface area contributed by atoms with Crippen LogP contribution in [0.25, 0.3) is 16.9 Å². The molecule has 0 bridgehead atoms. The Bertz CT molecular complexity index is 1160. The van der Waals surface area contributed by atoms with Crippen molar-refractivity contribution in [3.63, 3.8) is 0 Å². The zero-order valence-corrected chi connectivity index (χ0v) is 16.8. The van der Waals surface area contributed by atoms with Crippen molar-refractivity contribution in [3.05, 3.63) is 47.8 Å². The number of rotatable bonds is 8. The first-order chi connectivity index (χ1) is 15.2. The molecule has 0 aliphatic heterocycles. The largest absolute Gasteiger partial charge is 0.496 e. The Kier molecular flexibility index (Phi) is 5.68. The Morgan fingerprint density at radius 2 is 2.03 bits per heavy atom. The first-order valence-corrected chi connectivity index (χ1v) is 9.68. The SMILES string of the molecule is COc1cc(-c2cnc3cc(C(F)(F)CO)ccn23)cc(OC(F)F)c1C(=O)NC1CC1. The van der Waals surface area contributed by atoms with Gasteiger partial charge < -0.3 is 19.9 Å². The maximum atomic E-state index is 13.8. The predicted octanol–water partition coefficient (Wildman–Crippen LogP) is 3.59. The number of aromatic nitrogens is 2. The molecule has 1 saturated carbocycles. The lowest BCUT2D eigenvalue weighted by atomic mass is 10.1. The molecule has 1 aliphatic rings. The number of aliphatic hydroxyl groups excluding tert-OH is 1. The van der Waals surface area contributed by atoms with E-state index in [-0.39, 0.29) is 28.8 Å². The van der Waals surface area contributed by atoms with E-state index in [0.29, 0.717) is 11.3 Å². The molecule has 11 heteroatoms. The Morgan fingerprint density at radius 1 is 1.31 bits per heavy atom. The first-order valence-electron chi connectivity index (χ1n) is 9.68. The number of hydrogen-bond donors (Lipinski definition) is 2. The van der Waals surface area contributed by atoms with Crippen LogP contribution in [0.2, 0.25) is 0 Å². The summed E-state index contributed by atoms with van der Waals surface area (Å²) in [5, 5.41) is 11.6. The van der Waals surface area contributed by atoms with E-state index in [1.165, 1.54) is 36.0 Å². The van der Waals surface area contributed by atoms with Gasteiger partial charge in [0.2, 0.25) is 0 Å². The molecule has 0 saturated heterocycles. The molecule has 32 heavy (non-hydrogen) atoms. The van der Waals surface area contributed by atoms with Crippen LogP contribution in [0.3, 0.4) is 0 Å². The molecule has 170 valence electrons. The number of carbonyl (C=O) groups is 1. The van der Waals surface area contributed by atoms with Crippen LogP contribution in [-0.2, 0) is 5.92 Å². The van der Waals surface area contributed by atoms with Crippen molar-refractivity contribution in [1.82, 2.24) is 14.7 Å². The molecule has 2 heterocycles. The number of nitrogens with zero attached hydrogens (tertiary/aromatic N) is 2. The van der Waals surface area contributed by atoms with Gasteiger partial charge in [0.15, 0.2) is 0 Å². The van der Waals surface area contributed by atoms with Gasteiger partial charge in [-0.2, -0.15) is 17.6 Å². The molecule has 1 aliphatic carbocycles. The van der Waals surface area contributed by atoms with Crippen molar-refractivity contribution in [1.29, 1.82) is 0 Å². The highest BCUT2D eigenvalue weighted by Crippen LogP contribution is 2.37. The lowest BCUT2D eigenvalue weighted by molar-refractivity contribution is -0.0556. The molecule has 0 atom stereocenters. The number of nitrogens with one attached hydrogen (secondary N) is 1. The molecule has 4 rings (SSSR count). The van der Waals surface area contributed by atoms with Crippen LogP contribution in [0.4, 0.5) is 17.6 Å². The summed E-state index contributed by atoms with van der Waals surface area (Å²) < 4.78 is 65.1. The van der Waals surface area contributed by atoms with Crippen LogP contribution in [0.1, 0.15) is 28.8 Å². The zero-order chi connectivity index (χ0) is 23.0. The van der Waals surface area contributed by atoms with Gasteiger partial charge in [-0.1, -0.05) is 0 Å². The van der Waals surface area contributed by atoms with Crippen molar-refractivity contribution in [3.8, 4) is 22.8 Å². The third kappa shape index (κ3) is 4.20. The van der Waals surface area contributed by atoms with E-state index in [1.807, 2.05) is 0 Å². The highest BCUT2D eigenvalue weighted by atomic mass is 19.3. The number of halogens is 4. The number of amides is 1. The molecule has 3 aromatic rings. The number of hydrogen-bond acceptors (Lipinski definition) is 5. The van der Waals surface area contributed by atoms with Crippen LogP contribution in [-0.4, -0.2) is 46.8 Å². The summed E-state index contributed by atoms with van der Waals surface area (Å²) in [5.41, 5.74) is 0.245. The minimum atomic E-state index is -3.44. The predicted molar refractivity (Wildman–Crippen MR) is 105 cm³/mol. The van der Waals surface area contributed by atoms with Gasteiger partial charge in [-0.25, -0.2) is 4.98 Å². The second-order valence-corrected chi connectivity index (χ2v) is 7.33. The van der Waals surface area contributed by atoms with E-state index in [0.717, 1.165) is 25.0 Å². The van der Waals surface area contributed by atoms with Crippen molar-refractivity contribution in [2.45, 2.75) is 31.4 Å². The Labute approximate surface area is 179 Å². The van der Waals surface area contributed by atoms with E-state index < -0.39 is 30.6 Å². The fourth-order valence-electron chi connectivity index (χ4n) is 3.31. The van der Waals surface area contributed by atoms with Crippen molar-refractivity contribution in [2.24, 2.45) is 0 Å².